The smallest absolute Gasteiger partial charge is 0.124 e. The molecule has 0 saturated carbocycles. The maximum absolute atomic E-state index is 13.2. The lowest BCUT2D eigenvalue weighted by atomic mass is 10.1. The Labute approximate surface area is 145 Å². The van der Waals surface area contributed by atoms with E-state index in [4.69, 9.17) is 11.6 Å². The predicted octanol–water partition coefficient (Wildman–Crippen LogP) is 3.90. The minimum absolute atomic E-state index is 0.352. The molecule has 0 aliphatic heterocycles. The summed E-state index contributed by atoms with van der Waals surface area (Å²) in [6.45, 7) is 3.93. The molecular formula is C18H18ClFN4. The number of halogens is 2. The van der Waals surface area contributed by atoms with Crippen LogP contribution in [0.3, 0.4) is 0 Å². The second kappa shape index (κ2) is 7.55. The van der Waals surface area contributed by atoms with Crippen LogP contribution in [0.1, 0.15) is 18.2 Å². The van der Waals surface area contributed by atoms with E-state index < -0.39 is 0 Å². The molecule has 2 aromatic carbocycles. The van der Waals surface area contributed by atoms with Gasteiger partial charge in [-0.1, -0.05) is 54.9 Å². The number of nitrogens with one attached hydrogen (secondary N) is 1. The van der Waals surface area contributed by atoms with Gasteiger partial charge in [0.05, 0.1) is 6.54 Å². The van der Waals surface area contributed by atoms with Gasteiger partial charge in [0.1, 0.15) is 17.2 Å². The van der Waals surface area contributed by atoms with Gasteiger partial charge in [0.2, 0.25) is 0 Å². The minimum Gasteiger partial charge on any atom is -0.311 e. The topological polar surface area (TPSA) is 42.7 Å². The zero-order chi connectivity index (χ0) is 16.9. The first-order valence-electron chi connectivity index (χ1n) is 7.81. The number of hydrogen-bond donors (Lipinski definition) is 1. The van der Waals surface area contributed by atoms with Crippen molar-refractivity contribution in [1.82, 2.24) is 20.3 Å². The van der Waals surface area contributed by atoms with E-state index >= 15 is 0 Å². The molecule has 0 unspecified atom stereocenters. The maximum atomic E-state index is 13.2. The monoisotopic (exact) mass is 344 g/mol. The van der Waals surface area contributed by atoms with E-state index in [0.29, 0.717) is 18.1 Å². The zero-order valence-corrected chi connectivity index (χ0v) is 14.1. The van der Waals surface area contributed by atoms with E-state index in [9.17, 15) is 4.39 Å². The summed E-state index contributed by atoms with van der Waals surface area (Å²) in [7, 11) is 0. The number of nitrogens with zero attached hydrogens (tertiary/aromatic N) is 3. The lowest BCUT2D eigenvalue weighted by Gasteiger charge is -2.03. The average molecular weight is 345 g/mol. The van der Waals surface area contributed by atoms with Crippen molar-refractivity contribution in [3.8, 4) is 11.3 Å². The molecule has 0 spiro atoms. The Kier molecular flexibility index (Phi) is 5.23. The first-order valence-corrected chi connectivity index (χ1v) is 8.19. The van der Waals surface area contributed by atoms with Gasteiger partial charge in [-0.25, -0.2) is 4.39 Å². The molecule has 0 amide bonds. The molecule has 0 saturated heterocycles. The summed E-state index contributed by atoms with van der Waals surface area (Å²) < 4.78 is 13.2. The van der Waals surface area contributed by atoms with E-state index in [-0.39, 0.29) is 5.82 Å². The van der Waals surface area contributed by atoms with E-state index in [1.165, 1.54) is 12.1 Å². The van der Waals surface area contributed by atoms with Gasteiger partial charge < -0.3 is 5.32 Å². The first kappa shape index (κ1) is 16.6. The van der Waals surface area contributed by atoms with E-state index in [1.54, 1.807) is 10.9 Å². The van der Waals surface area contributed by atoms with Gasteiger partial charge in [-0.15, -0.1) is 0 Å². The molecule has 1 aromatic heterocycles. The number of rotatable bonds is 6. The Bertz CT molecular complexity index is 817. The van der Waals surface area contributed by atoms with Crippen LogP contribution in [-0.2, 0) is 13.1 Å². The SMILES string of the molecule is CCNCc1nn(Cc2ccc(F)cc2Cl)nc1-c1ccccc1. The molecule has 24 heavy (non-hydrogen) atoms. The first-order chi connectivity index (χ1) is 11.7. The van der Waals surface area contributed by atoms with Crippen LogP contribution in [0.4, 0.5) is 4.39 Å². The molecule has 0 bridgehead atoms. The molecule has 3 aromatic rings. The van der Waals surface area contributed by atoms with Gasteiger partial charge in [-0.05, 0) is 24.2 Å². The third-order valence-corrected chi connectivity index (χ3v) is 3.99. The maximum Gasteiger partial charge on any atom is 0.124 e. The predicted molar refractivity (Wildman–Crippen MR) is 93.4 cm³/mol. The van der Waals surface area contributed by atoms with Gasteiger partial charge in [0.15, 0.2) is 0 Å². The molecular weight excluding hydrogens is 327 g/mol. The molecule has 0 aliphatic carbocycles. The third kappa shape index (κ3) is 3.80. The van der Waals surface area contributed by atoms with Crippen molar-refractivity contribution in [3.05, 3.63) is 70.6 Å². The number of benzene rings is 2. The van der Waals surface area contributed by atoms with Gasteiger partial charge in [-0.3, -0.25) is 0 Å². The molecule has 0 atom stereocenters. The van der Waals surface area contributed by atoms with Crippen molar-refractivity contribution in [2.24, 2.45) is 0 Å². The quantitative estimate of drug-likeness (QED) is 0.737. The van der Waals surface area contributed by atoms with Gasteiger partial charge in [0, 0.05) is 17.1 Å². The normalized spacial score (nSPS) is 11.0. The lowest BCUT2D eigenvalue weighted by Crippen LogP contribution is -2.13. The molecule has 6 heteroatoms. The standard InChI is InChI=1S/C18H18ClFN4/c1-2-21-11-17-18(13-6-4-3-5-7-13)23-24(22-17)12-14-8-9-15(20)10-16(14)19/h3-10,21H,2,11-12H2,1H3. The molecule has 1 heterocycles. The van der Waals surface area contributed by atoms with Gasteiger partial charge in [0.25, 0.3) is 0 Å². The fraction of sp³-hybridized carbons (Fsp3) is 0.222. The van der Waals surface area contributed by atoms with Crippen LogP contribution in [0.5, 0.6) is 0 Å². The van der Waals surface area contributed by atoms with Crippen LogP contribution < -0.4 is 5.32 Å². The van der Waals surface area contributed by atoms with Crippen molar-refractivity contribution in [3.63, 3.8) is 0 Å². The minimum atomic E-state index is -0.352. The second-order valence-corrected chi connectivity index (χ2v) is 5.81. The van der Waals surface area contributed by atoms with Crippen LogP contribution in [-0.4, -0.2) is 21.5 Å². The molecule has 0 fully saturated rings. The molecule has 4 nitrogen and oxygen atoms in total. The highest BCUT2D eigenvalue weighted by atomic mass is 35.5. The summed E-state index contributed by atoms with van der Waals surface area (Å²) in [5.74, 6) is -0.352. The summed E-state index contributed by atoms with van der Waals surface area (Å²) in [6, 6.07) is 14.3. The number of hydrogen-bond acceptors (Lipinski definition) is 3. The highest BCUT2D eigenvalue weighted by molar-refractivity contribution is 6.31. The lowest BCUT2D eigenvalue weighted by molar-refractivity contribution is 0.576. The van der Waals surface area contributed by atoms with Crippen molar-refractivity contribution in [1.29, 1.82) is 0 Å². The fourth-order valence-corrected chi connectivity index (χ4v) is 2.67. The summed E-state index contributed by atoms with van der Waals surface area (Å²) in [6.07, 6.45) is 0. The van der Waals surface area contributed by atoms with E-state index in [2.05, 4.69) is 15.5 Å². The van der Waals surface area contributed by atoms with Crippen LogP contribution in [0.2, 0.25) is 5.02 Å². The third-order valence-electron chi connectivity index (χ3n) is 3.64. The Hall–Kier alpha value is -2.24. The van der Waals surface area contributed by atoms with Crippen LogP contribution >= 0.6 is 11.6 Å². The zero-order valence-electron chi connectivity index (χ0n) is 13.3. The summed E-state index contributed by atoms with van der Waals surface area (Å²) in [5.41, 5.74) is 3.51. The average Bonchev–Trinajstić information content (AvgIpc) is 2.99. The summed E-state index contributed by atoms with van der Waals surface area (Å²) in [5, 5.41) is 12.8. The van der Waals surface area contributed by atoms with Crippen LogP contribution in [0.15, 0.2) is 48.5 Å². The Morgan fingerprint density at radius 2 is 1.92 bits per heavy atom. The van der Waals surface area contributed by atoms with E-state index in [1.807, 2.05) is 37.3 Å². The second-order valence-electron chi connectivity index (χ2n) is 5.41. The fourth-order valence-electron chi connectivity index (χ4n) is 2.44. The largest absolute Gasteiger partial charge is 0.311 e. The van der Waals surface area contributed by atoms with Crippen molar-refractivity contribution in [2.45, 2.75) is 20.0 Å². The number of aromatic nitrogens is 3. The molecule has 124 valence electrons. The molecule has 1 N–H and O–H groups in total. The van der Waals surface area contributed by atoms with Crippen molar-refractivity contribution in [2.75, 3.05) is 6.54 Å². The van der Waals surface area contributed by atoms with Gasteiger partial charge >= 0.3 is 0 Å². The molecule has 0 aliphatic rings. The Morgan fingerprint density at radius 3 is 2.62 bits per heavy atom. The molecule has 0 radical (unpaired) electrons. The summed E-state index contributed by atoms with van der Waals surface area (Å²) in [4.78, 5) is 1.61. The Morgan fingerprint density at radius 1 is 1.12 bits per heavy atom. The van der Waals surface area contributed by atoms with Crippen LogP contribution in [0, 0.1) is 5.82 Å². The Balaban J connectivity index is 1.92. The van der Waals surface area contributed by atoms with Crippen LogP contribution in [0.25, 0.3) is 11.3 Å². The van der Waals surface area contributed by atoms with Crippen molar-refractivity contribution >= 4 is 11.6 Å². The summed E-state index contributed by atoms with van der Waals surface area (Å²) >= 11 is 6.11. The van der Waals surface area contributed by atoms with Crippen molar-refractivity contribution < 1.29 is 4.39 Å². The highest BCUT2D eigenvalue weighted by Gasteiger charge is 2.13. The van der Waals surface area contributed by atoms with Gasteiger partial charge in [-0.2, -0.15) is 15.0 Å². The highest BCUT2D eigenvalue weighted by Crippen LogP contribution is 2.22. The molecule has 3 rings (SSSR count). The van der Waals surface area contributed by atoms with E-state index in [0.717, 1.165) is 29.1 Å².